The molecule has 0 atom stereocenters. The summed E-state index contributed by atoms with van der Waals surface area (Å²) in [6.45, 7) is 3.09. The molecule has 32 heavy (non-hydrogen) atoms. The van der Waals surface area contributed by atoms with Crippen LogP contribution < -0.4 is 5.32 Å². The Labute approximate surface area is 201 Å². The number of carbonyl (C=O) groups excluding carboxylic acids is 1. The summed E-state index contributed by atoms with van der Waals surface area (Å²) in [5.41, 5.74) is 0. The van der Waals surface area contributed by atoms with Gasteiger partial charge in [0.1, 0.15) is 0 Å². The second-order valence-electron chi connectivity index (χ2n) is 9.16. The van der Waals surface area contributed by atoms with Crippen molar-refractivity contribution < 1.29 is 18.1 Å². The normalized spacial score (nSPS) is 11.8. The van der Waals surface area contributed by atoms with E-state index in [1.165, 1.54) is 96.3 Å². The molecule has 1 amide bonds. The van der Waals surface area contributed by atoms with Gasteiger partial charge in [0.15, 0.2) is 0 Å². The van der Waals surface area contributed by atoms with E-state index in [1.54, 1.807) is 21.3 Å². The molecule has 0 aromatic carbocycles. The van der Waals surface area contributed by atoms with E-state index in [2.05, 4.69) is 12.2 Å². The van der Waals surface area contributed by atoms with Gasteiger partial charge < -0.3 is 18.6 Å². The summed E-state index contributed by atoms with van der Waals surface area (Å²) in [6, 6.07) is 0.753. The molecule has 0 aromatic rings. The average molecular weight is 474 g/mol. The Morgan fingerprint density at radius 3 is 1.41 bits per heavy atom. The Hall–Kier alpha value is -0.433. The zero-order chi connectivity index (χ0) is 23.8. The first kappa shape index (κ1) is 31.6. The maximum absolute atomic E-state index is 11.9. The third kappa shape index (κ3) is 19.1. The molecule has 0 spiro atoms. The van der Waals surface area contributed by atoms with Crippen LogP contribution in [-0.4, -0.2) is 42.6 Å². The predicted molar refractivity (Wildman–Crippen MR) is 138 cm³/mol. The maximum Gasteiger partial charge on any atom is 0.500 e. The van der Waals surface area contributed by atoms with Gasteiger partial charge in [-0.25, -0.2) is 0 Å². The summed E-state index contributed by atoms with van der Waals surface area (Å²) >= 11 is 0. The lowest BCUT2D eigenvalue weighted by Crippen LogP contribution is -2.42. The van der Waals surface area contributed by atoms with Crippen molar-refractivity contribution in [1.29, 1.82) is 0 Å². The second-order valence-corrected chi connectivity index (χ2v) is 12.2. The minimum atomic E-state index is -2.49. The van der Waals surface area contributed by atoms with Gasteiger partial charge in [0.2, 0.25) is 5.91 Å². The number of unbranched alkanes of at least 4 members (excludes halogenated alkanes) is 16. The molecule has 1 N–H and O–H groups in total. The molecule has 0 aromatic heterocycles. The molecule has 0 unspecified atom stereocenters. The van der Waals surface area contributed by atoms with Crippen LogP contribution in [0.2, 0.25) is 6.04 Å². The SMILES string of the molecule is CCCCCCCCCCCCCCCCCCNC(=O)CCCC[Si](OC)(OC)OC. The van der Waals surface area contributed by atoms with Gasteiger partial charge in [0.05, 0.1) is 0 Å². The maximum atomic E-state index is 11.9. The Bertz CT molecular complexity index is 397. The summed E-state index contributed by atoms with van der Waals surface area (Å²) in [6.07, 6.45) is 24.3. The van der Waals surface area contributed by atoms with E-state index in [9.17, 15) is 4.79 Å². The average Bonchev–Trinajstić information content (AvgIpc) is 2.81. The minimum absolute atomic E-state index is 0.158. The van der Waals surface area contributed by atoms with Gasteiger partial charge >= 0.3 is 8.80 Å². The van der Waals surface area contributed by atoms with Gasteiger partial charge in [-0.3, -0.25) is 4.79 Å². The molecule has 0 aliphatic heterocycles. The second kappa shape index (κ2) is 23.7. The highest BCUT2D eigenvalue weighted by Gasteiger charge is 2.36. The van der Waals surface area contributed by atoms with E-state index in [-0.39, 0.29) is 5.91 Å². The van der Waals surface area contributed by atoms with E-state index < -0.39 is 8.80 Å². The van der Waals surface area contributed by atoms with Crippen LogP contribution in [0.4, 0.5) is 0 Å². The Balaban J connectivity index is 3.31. The summed E-state index contributed by atoms with van der Waals surface area (Å²) in [5.74, 6) is 0.158. The van der Waals surface area contributed by atoms with Gasteiger partial charge in [-0.05, 0) is 19.3 Å². The molecular weight excluding hydrogens is 418 g/mol. The van der Waals surface area contributed by atoms with Crippen molar-refractivity contribution in [2.75, 3.05) is 27.9 Å². The molecule has 0 heterocycles. The van der Waals surface area contributed by atoms with Gasteiger partial charge in [0.25, 0.3) is 0 Å². The Kier molecular flexibility index (Phi) is 23.4. The Morgan fingerprint density at radius 2 is 1.00 bits per heavy atom. The third-order valence-corrected chi connectivity index (χ3v) is 9.25. The lowest BCUT2D eigenvalue weighted by molar-refractivity contribution is -0.121. The lowest BCUT2D eigenvalue weighted by Gasteiger charge is -2.24. The van der Waals surface area contributed by atoms with Crippen molar-refractivity contribution >= 4 is 14.7 Å². The Morgan fingerprint density at radius 1 is 0.594 bits per heavy atom. The largest absolute Gasteiger partial charge is 0.500 e. The van der Waals surface area contributed by atoms with Crippen LogP contribution >= 0.6 is 0 Å². The molecule has 192 valence electrons. The van der Waals surface area contributed by atoms with Crippen LogP contribution in [0.5, 0.6) is 0 Å². The zero-order valence-electron chi connectivity index (χ0n) is 22.0. The smallest absolute Gasteiger partial charge is 0.377 e. The van der Waals surface area contributed by atoms with Crippen LogP contribution in [0, 0.1) is 0 Å². The molecule has 0 radical (unpaired) electrons. The van der Waals surface area contributed by atoms with Crippen LogP contribution in [0.1, 0.15) is 129 Å². The molecule has 0 aliphatic rings. The number of nitrogens with one attached hydrogen (secondary N) is 1. The highest BCUT2D eigenvalue weighted by Crippen LogP contribution is 2.17. The predicted octanol–water partition coefficient (Wildman–Crippen LogP) is 7.41. The quantitative estimate of drug-likeness (QED) is 0.111. The van der Waals surface area contributed by atoms with Gasteiger partial charge in [-0.1, -0.05) is 103 Å². The summed E-state index contributed by atoms with van der Waals surface area (Å²) in [5, 5.41) is 3.05. The molecule has 0 saturated heterocycles. The number of rotatable bonds is 25. The van der Waals surface area contributed by atoms with E-state index in [0.717, 1.165) is 31.9 Å². The molecule has 0 rings (SSSR count). The van der Waals surface area contributed by atoms with Crippen molar-refractivity contribution in [3.63, 3.8) is 0 Å². The van der Waals surface area contributed by atoms with Crippen LogP contribution in [0.3, 0.4) is 0 Å². The number of hydrogen-bond donors (Lipinski definition) is 1. The van der Waals surface area contributed by atoms with Crippen molar-refractivity contribution in [3.05, 3.63) is 0 Å². The highest BCUT2D eigenvalue weighted by atomic mass is 28.4. The first-order chi connectivity index (χ1) is 15.6. The minimum Gasteiger partial charge on any atom is -0.377 e. The summed E-state index contributed by atoms with van der Waals surface area (Å²) in [7, 11) is 2.40. The lowest BCUT2D eigenvalue weighted by atomic mass is 10.0. The number of carbonyl (C=O) groups is 1. The van der Waals surface area contributed by atoms with Crippen molar-refractivity contribution in [3.8, 4) is 0 Å². The van der Waals surface area contributed by atoms with E-state index in [0.29, 0.717) is 6.42 Å². The first-order valence-corrected chi connectivity index (χ1v) is 15.5. The highest BCUT2D eigenvalue weighted by molar-refractivity contribution is 6.60. The zero-order valence-corrected chi connectivity index (χ0v) is 23.0. The standard InChI is InChI=1S/C26H55NO4Si/c1-5-6-7-8-9-10-11-12-13-14-15-16-17-18-19-21-24-27-26(28)23-20-22-25-32(29-2,30-3)31-4/h5-25H2,1-4H3,(H,27,28). The third-order valence-electron chi connectivity index (χ3n) is 6.42. The van der Waals surface area contributed by atoms with E-state index in [1.807, 2.05) is 0 Å². The molecule has 5 nitrogen and oxygen atoms in total. The van der Waals surface area contributed by atoms with Gasteiger partial charge in [0, 0.05) is 40.3 Å². The summed E-state index contributed by atoms with van der Waals surface area (Å²) in [4.78, 5) is 11.9. The monoisotopic (exact) mass is 473 g/mol. The molecule has 6 heteroatoms. The van der Waals surface area contributed by atoms with E-state index in [4.69, 9.17) is 13.3 Å². The fourth-order valence-corrected chi connectivity index (χ4v) is 5.97. The van der Waals surface area contributed by atoms with Gasteiger partial charge in [-0.15, -0.1) is 0 Å². The summed E-state index contributed by atoms with van der Waals surface area (Å²) < 4.78 is 16.2. The van der Waals surface area contributed by atoms with Crippen LogP contribution in [-0.2, 0) is 18.1 Å². The van der Waals surface area contributed by atoms with Crippen molar-refractivity contribution in [2.45, 2.75) is 135 Å². The molecule has 0 fully saturated rings. The molecule has 0 saturated carbocycles. The fraction of sp³-hybridized carbons (Fsp3) is 0.962. The fourth-order valence-electron chi connectivity index (χ4n) is 4.17. The van der Waals surface area contributed by atoms with Crippen molar-refractivity contribution in [1.82, 2.24) is 5.32 Å². The number of amides is 1. The van der Waals surface area contributed by atoms with Gasteiger partial charge in [-0.2, -0.15) is 0 Å². The molecular formula is C26H55NO4Si. The molecule has 0 bridgehead atoms. The van der Waals surface area contributed by atoms with Crippen molar-refractivity contribution in [2.24, 2.45) is 0 Å². The van der Waals surface area contributed by atoms with Crippen LogP contribution in [0.15, 0.2) is 0 Å². The molecule has 0 aliphatic carbocycles. The number of hydrogen-bond acceptors (Lipinski definition) is 4. The first-order valence-electron chi connectivity index (χ1n) is 13.6. The van der Waals surface area contributed by atoms with E-state index >= 15 is 0 Å². The topological polar surface area (TPSA) is 56.8 Å². The van der Waals surface area contributed by atoms with Crippen LogP contribution in [0.25, 0.3) is 0 Å².